The second kappa shape index (κ2) is 7.25. The number of para-hydroxylation sites is 1. The van der Waals surface area contributed by atoms with Gasteiger partial charge < -0.3 is 19.5 Å². The van der Waals surface area contributed by atoms with Crippen LogP contribution in [0.25, 0.3) is 0 Å². The lowest BCUT2D eigenvalue weighted by molar-refractivity contribution is -0.141. The second-order valence-electron chi connectivity index (χ2n) is 5.79. The number of amides is 1. The smallest absolute Gasteiger partial charge is 0.326 e. The van der Waals surface area contributed by atoms with Crippen molar-refractivity contribution in [1.82, 2.24) is 4.90 Å². The number of likely N-dealkylation sites (N-methyl/N-ethyl adjacent to an activating group) is 1. The minimum absolute atomic E-state index is 0.227. The summed E-state index contributed by atoms with van der Waals surface area (Å²) >= 11 is 0. The first-order chi connectivity index (χ1) is 12.1. The lowest BCUT2D eigenvalue weighted by Gasteiger charge is -2.27. The van der Waals surface area contributed by atoms with Crippen molar-refractivity contribution in [1.29, 1.82) is 0 Å². The van der Waals surface area contributed by atoms with Gasteiger partial charge in [-0.3, -0.25) is 4.79 Å². The Labute approximate surface area is 145 Å². The van der Waals surface area contributed by atoms with Gasteiger partial charge in [0.2, 0.25) is 0 Å². The molecule has 2 aromatic rings. The van der Waals surface area contributed by atoms with Crippen LogP contribution in [-0.2, 0) is 11.2 Å². The second-order valence-corrected chi connectivity index (χ2v) is 5.79. The van der Waals surface area contributed by atoms with Crippen molar-refractivity contribution in [2.24, 2.45) is 0 Å². The van der Waals surface area contributed by atoms with Gasteiger partial charge in [-0.15, -0.1) is 0 Å². The summed E-state index contributed by atoms with van der Waals surface area (Å²) in [5.41, 5.74) is 1.16. The van der Waals surface area contributed by atoms with E-state index in [1.54, 1.807) is 18.2 Å². The van der Waals surface area contributed by atoms with E-state index in [-0.39, 0.29) is 6.42 Å². The number of fused-ring (bicyclic) bond motifs is 1. The van der Waals surface area contributed by atoms with Gasteiger partial charge in [0.15, 0.2) is 11.5 Å². The van der Waals surface area contributed by atoms with Gasteiger partial charge in [0.05, 0.1) is 5.56 Å². The molecule has 0 aromatic heterocycles. The maximum absolute atomic E-state index is 12.9. The summed E-state index contributed by atoms with van der Waals surface area (Å²) in [7, 11) is 1.49. The van der Waals surface area contributed by atoms with Crippen LogP contribution in [0.3, 0.4) is 0 Å². The Morgan fingerprint density at radius 2 is 1.80 bits per heavy atom. The molecule has 2 aromatic carbocycles. The number of rotatable bonds is 5. The highest BCUT2D eigenvalue weighted by Crippen LogP contribution is 2.34. The van der Waals surface area contributed by atoms with Crippen LogP contribution in [0.4, 0.5) is 0 Å². The fourth-order valence-electron chi connectivity index (χ4n) is 2.80. The van der Waals surface area contributed by atoms with Crippen molar-refractivity contribution in [3.05, 3.63) is 59.7 Å². The molecule has 0 bridgehead atoms. The number of ether oxygens (including phenoxy) is 2. The molecule has 1 heterocycles. The molecule has 1 atom stereocenters. The third-order valence-electron chi connectivity index (χ3n) is 4.14. The number of aliphatic carboxylic acids is 1. The van der Waals surface area contributed by atoms with Gasteiger partial charge in [0.25, 0.3) is 5.91 Å². The molecule has 6 nitrogen and oxygen atoms in total. The minimum Gasteiger partial charge on any atom is -0.486 e. The summed E-state index contributed by atoms with van der Waals surface area (Å²) in [5.74, 6) is -0.595. The van der Waals surface area contributed by atoms with Crippen LogP contribution in [-0.4, -0.2) is 48.2 Å². The van der Waals surface area contributed by atoms with Crippen LogP contribution in [0, 0.1) is 0 Å². The number of carboxylic acids is 1. The number of nitrogens with zero attached hydrogens (tertiary/aromatic N) is 1. The summed E-state index contributed by atoms with van der Waals surface area (Å²) < 4.78 is 11.0. The van der Waals surface area contributed by atoms with Crippen molar-refractivity contribution >= 4 is 11.9 Å². The summed E-state index contributed by atoms with van der Waals surface area (Å²) in [5, 5.41) is 9.59. The Morgan fingerprint density at radius 1 is 1.08 bits per heavy atom. The molecule has 0 aliphatic carbocycles. The molecule has 0 radical (unpaired) electrons. The van der Waals surface area contributed by atoms with E-state index in [4.69, 9.17) is 9.47 Å². The molecule has 1 aliphatic rings. The van der Waals surface area contributed by atoms with Gasteiger partial charge in [-0.1, -0.05) is 36.4 Å². The number of hydrogen-bond acceptors (Lipinski definition) is 4. The Balaban J connectivity index is 1.86. The molecule has 130 valence electrons. The fourth-order valence-corrected chi connectivity index (χ4v) is 2.80. The molecule has 25 heavy (non-hydrogen) atoms. The van der Waals surface area contributed by atoms with Gasteiger partial charge in [-0.2, -0.15) is 0 Å². The van der Waals surface area contributed by atoms with Crippen LogP contribution in [0.5, 0.6) is 11.5 Å². The predicted molar refractivity (Wildman–Crippen MR) is 91.1 cm³/mol. The van der Waals surface area contributed by atoms with Crippen LogP contribution < -0.4 is 9.47 Å². The van der Waals surface area contributed by atoms with Crippen molar-refractivity contribution < 1.29 is 24.2 Å². The van der Waals surface area contributed by atoms with Crippen molar-refractivity contribution in [3.8, 4) is 11.5 Å². The quantitative estimate of drug-likeness (QED) is 0.902. The molecule has 1 aliphatic heterocycles. The fraction of sp³-hybridized carbons (Fsp3) is 0.263. The number of hydrogen-bond donors (Lipinski definition) is 1. The van der Waals surface area contributed by atoms with Crippen molar-refractivity contribution in [3.63, 3.8) is 0 Å². The van der Waals surface area contributed by atoms with Gasteiger partial charge in [-0.25, -0.2) is 4.79 Å². The molecule has 1 amide bonds. The van der Waals surface area contributed by atoms with Crippen LogP contribution in [0.2, 0.25) is 0 Å². The highest BCUT2D eigenvalue weighted by molar-refractivity contribution is 5.99. The highest BCUT2D eigenvalue weighted by Gasteiger charge is 2.30. The molecule has 6 heteroatoms. The average Bonchev–Trinajstić information content (AvgIpc) is 2.65. The molecule has 3 rings (SSSR count). The van der Waals surface area contributed by atoms with E-state index < -0.39 is 17.9 Å². The topological polar surface area (TPSA) is 76.1 Å². The van der Waals surface area contributed by atoms with E-state index in [0.29, 0.717) is 30.3 Å². The summed E-state index contributed by atoms with van der Waals surface area (Å²) in [6, 6.07) is 13.3. The molecule has 0 saturated carbocycles. The molecular formula is C19H19NO5. The predicted octanol–water partition coefficient (Wildman–Crippen LogP) is 2.23. The van der Waals surface area contributed by atoms with E-state index in [0.717, 1.165) is 5.56 Å². The zero-order chi connectivity index (χ0) is 17.8. The number of carboxylic acid groups (broad SMARTS) is 1. The van der Waals surface area contributed by atoms with E-state index in [9.17, 15) is 14.7 Å². The first-order valence-electron chi connectivity index (χ1n) is 8.00. The first-order valence-corrected chi connectivity index (χ1v) is 8.00. The zero-order valence-corrected chi connectivity index (χ0v) is 13.8. The SMILES string of the molecule is CN(C(=O)c1cccc2c1OCCO2)C(Cc1ccccc1)C(=O)O. The molecule has 0 fully saturated rings. The standard InChI is InChI=1S/C19H19NO5/c1-20(15(19(22)23)12-13-6-3-2-4-7-13)18(21)14-8-5-9-16-17(14)25-11-10-24-16/h2-9,15H,10-12H2,1H3,(H,22,23). The van der Waals surface area contributed by atoms with Gasteiger partial charge in [0.1, 0.15) is 19.3 Å². The molecule has 1 N–H and O–H groups in total. The monoisotopic (exact) mass is 341 g/mol. The largest absolute Gasteiger partial charge is 0.486 e. The summed E-state index contributed by atoms with van der Waals surface area (Å²) in [6.07, 6.45) is 0.227. The third kappa shape index (κ3) is 3.57. The van der Waals surface area contributed by atoms with Crippen molar-refractivity contribution in [2.45, 2.75) is 12.5 Å². The van der Waals surface area contributed by atoms with Gasteiger partial charge in [0, 0.05) is 13.5 Å². The molecular weight excluding hydrogens is 322 g/mol. The maximum Gasteiger partial charge on any atom is 0.326 e. The van der Waals surface area contributed by atoms with Crippen molar-refractivity contribution in [2.75, 3.05) is 20.3 Å². The van der Waals surface area contributed by atoms with Gasteiger partial charge >= 0.3 is 5.97 Å². The lowest BCUT2D eigenvalue weighted by Crippen LogP contribution is -2.44. The Morgan fingerprint density at radius 3 is 2.52 bits per heavy atom. The molecule has 0 spiro atoms. The summed E-state index contributed by atoms with van der Waals surface area (Å²) in [6.45, 7) is 0.777. The number of benzene rings is 2. The minimum atomic E-state index is -1.05. The number of carbonyl (C=O) groups is 2. The van der Waals surface area contributed by atoms with Gasteiger partial charge in [-0.05, 0) is 17.7 Å². The first kappa shape index (κ1) is 16.8. The van der Waals surface area contributed by atoms with E-state index in [2.05, 4.69) is 0 Å². The molecule has 0 saturated heterocycles. The summed E-state index contributed by atoms with van der Waals surface area (Å²) in [4.78, 5) is 25.8. The maximum atomic E-state index is 12.9. The Bertz CT molecular complexity index is 775. The molecule has 1 unspecified atom stereocenters. The van der Waals surface area contributed by atoms with E-state index >= 15 is 0 Å². The van der Waals surface area contributed by atoms with E-state index in [1.165, 1.54) is 11.9 Å². The third-order valence-corrected chi connectivity index (χ3v) is 4.14. The lowest BCUT2D eigenvalue weighted by atomic mass is 10.0. The Hall–Kier alpha value is -3.02. The highest BCUT2D eigenvalue weighted by atomic mass is 16.6. The normalized spacial score (nSPS) is 13.8. The van der Waals surface area contributed by atoms with Crippen LogP contribution in [0.15, 0.2) is 48.5 Å². The number of carbonyl (C=O) groups excluding carboxylic acids is 1. The Kier molecular flexibility index (Phi) is 4.88. The zero-order valence-electron chi connectivity index (χ0n) is 13.8. The average molecular weight is 341 g/mol. The van der Waals surface area contributed by atoms with E-state index in [1.807, 2.05) is 30.3 Å². The van der Waals surface area contributed by atoms with Crippen LogP contribution >= 0.6 is 0 Å². The van der Waals surface area contributed by atoms with Crippen LogP contribution in [0.1, 0.15) is 15.9 Å².